The Balaban J connectivity index is 0.000000161. The van der Waals surface area contributed by atoms with Gasteiger partial charge in [0.25, 0.3) is 0 Å². The molecular formula is C26H24N2. The molecule has 0 fully saturated rings. The van der Waals surface area contributed by atoms with Crippen molar-refractivity contribution in [3.8, 4) is 0 Å². The maximum absolute atomic E-state index is 4.35. The van der Waals surface area contributed by atoms with Crippen molar-refractivity contribution in [1.29, 1.82) is 0 Å². The van der Waals surface area contributed by atoms with Gasteiger partial charge in [-0.1, -0.05) is 97.1 Å². The summed E-state index contributed by atoms with van der Waals surface area (Å²) in [6, 6.07) is 40.6. The quantitative estimate of drug-likeness (QED) is 0.390. The summed E-state index contributed by atoms with van der Waals surface area (Å²) in [6.07, 6.45) is 1.87. The summed E-state index contributed by atoms with van der Waals surface area (Å²) in [5.74, 6) is 0. The van der Waals surface area contributed by atoms with Crippen LogP contribution in [-0.2, 0) is 6.54 Å². The molecule has 2 heteroatoms. The molecule has 0 heterocycles. The lowest BCUT2D eigenvalue weighted by atomic mass is 10.2. The van der Waals surface area contributed by atoms with E-state index < -0.39 is 0 Å². The third-order valence-electron chi connectivity index (χ3n) is 4.03. The molecule has 0 aliphatic heterocycles. The molecule has 0 bridgehead atoms. The van der Waals surface area contributed by atoms with E-state index in [0.717, 1.165) is 23.5 Å². The van der Waals surface area contributed by atoms with Crippen molar-refractivity contribution in [1.82, 2.24) is 0 Å². The number of benzene rings is 4. The van der Waals surface area contributed by atoms with Crippen LogP contribution in [0, 0.1) is 0 Å². The van der Waals surface area contributed by atoms with Gasteiger partial charge in [0.2, 0.25) is 0 Å². The highest BCUT2D eigenvalue weighted by Crippen LogP contribution is 2.09. The molecule has 1 N–H and O–H groups in total. The van der Waals surface area contributed by atoms with Crippen molar-refractivity contribution in [2.24, 2.45) is 4.99 Å². The number of rotatable bonds is 5. The van der Waals surface area contributed by atoms with Crippen LogP contribution in [0.2, 0.25) is 0 Å². The average Bonchev–Trinajstić information content (AvgIpc) is 2.80. The number of anilines is 1. The molecule has 0 aliphatic carbocycles. The van der Waals surface area contributed by atoms with Crippen LogP contribution in [0.15, 0.2) is 126 Å². The number of hydrogen-bond acceptors (Lipinski definition) is 2. The second-order valence-electron chi connectivity index (χ2n) is 6.21. The van der Waals surface area contributed by atoms with Crippen LogP contribution in [-0.4, -0.2) is 6.21 Å². The molecule has 0 spiro atoms. The number of nitrogens with zero attached hydrogens (tertiary/aromatic N) is 1. The van der Waals surface area contributed by atoms with Crippen LogP contribution < -0.4 is 5.32 Å². The first kappa shape index (κ1) is 19.1. The van der Waals surface area contributed by atoms with E-state index in [9.17, 15) is 0 Å². The first-order chi connectivity index (χ1) is 13.9. The smallest absolute Gasteiger partial charge is 0.0629 e. The minimum atomic E-state index is 0.880. The van der Waals surface area contributed by atoms with Gasteiger partial charge in [-0.15, -0.1) is 0 Å². The highest BCUT2D eigenvalue weighted by atomic mass is 14.9. The second kappa shape index (κ2) is 11.1. The van der Waals surface area contributed by atoms with E-state index in [1.807, 2.05) is 91.1 Å². The van der Waals surface area contributed by atoms with Crippen molar-refractivity contribution >= 4 is 17.6 Å². The van der Waals surface area contributed by atoms with Crippen molar-refractivity contribution in [2.75, 3.05) is 5.32 Å². The van der Waals surface area contributed by atoms with Crippen LogP contribution in [0.5, 0.6) is 0 Å². The van der Waals surface area contributed by atoms with Crippen molar-refractivity contribution in [3.63, 3.8) is 0 Å². The predicted octanol–water partition coefficient (Wildman–Crippen LogP) is 6.74. The van der Waals surface area contributed by atoms with Crippen LogP contribution >= 0.6 is 0 Å². The predicted molar refractivity (Wildman–Crippen MR) is 120 cm³/mol. The highest BCUT2D eigenvalue weighted by molar-refractivity contribution is 5.81. The summed E-state index contributed by atoms with van der Waals surface area (Å²) >= 11 is 0. The van der Waals surface area contributed by atoms with Gasteiger partial charge < -0.3 is 5.32 Å². The zero-order valence-electron chi connectivity index (χ0n) is 15.8. The first-order valence-electron chi connectivity index (χ1n) is 9.37. The maximum Gasteiger partial charge on any atom is 0.0629 e. The Kier molecular flexibility index (Phi) is 7.61. The van der Waals surface area contributed by atoms with Crippen molar-refractivity contribution in [3.05, 3.63) is 132 Å². The summed E-state index contributed by atoms with van der Waals surface area (Å²) < 4.78 is 0. The van der Waals surface area contributed by atoms with Crippen molar-refractivity contribution in [2.45, 2.75) is 6.54 Å². The zero-order chi connectivity index (χ0) is 19.3. The van der Waals surface area contributed by atoms with Gasteiger partial charge in [-0.2, -0.15) is 0 Å². The summed E-state index contributed by atoms with van der Waals surface area (Å²) in [5, 5.41) is 3.36. The molecule has 0 saturated heterocycles. The van der Waals surface area contributed by atoms with Gasteiger partial charge in [0.15, 0.2) is 0 Å². The highest BCUT2D eigenvalue weighted by Gasteiger charge is 1.91. The molecule has 0 aliphatic rings. The van der Waals surface area contributed by atoms with Crippen LogP contribution in [0.1, 0.15) is 11.1 Å². The molecule has 4 aromatic rings. The molecule has 0 aromatic heterocycles. The summed E-state index contributed by atoms with van der Waals surface area (Å²) in [4.78, 5) is 4.35. The molecular weight excluding hydrogens is 340 g/mol. The molecule has 0 radical (unpaired) electrons. The molecule has 4 rings (SSSR count). The SMILES string of the molecule is C(=Nc1ccccc1)c1ccccc1.c1ccc(CNc2ccccc2)cc1. The fourth-order valence-corrected chi connectivity index (χ4v) is 2.56. The first-order valence-corrected chi connectivity index (χ1v) is 9.37. The van der Waals surface area contributed by atoms with Crippen LogP contribution in [0.3, 0.4) is 0 Å². The lowest BCUT2D eigenvalue weighted by molar-refractivity contribution is 1.15. The molecule has 2 nitrogen and oxygen atoms in total. The molecule has 28 heavy (non-hydrogen) atoms. The third-order valence-corrected chi connectivity index (χ3v) is 4.03. The summed E-state index contributed by atoms with van der Waals surface area (Å²) in [7, 11) is 0. The van der Waals surface area contributed by atoms with E-state index in [-0.39, 0.29) is 0 Å². The van der Waals surface area contributed by atoms with Gasteiger partial charge in [-0.25, -0.2) is 0 Å². The fourth-order valence-electron chi connectivity index (χ4n) is 2.56. The standard InChI is InChI=1S/C13H13N.C13H11N/c2*1-3-7-12(8-4-1)11-14-13-9-5-2-6-10-13/h1-10,14H,11H2;1-11H. The largest absolute Gasteiger partial charge is 0.381 e. The fraction of sp³-hybridized carbons (Fsp3) is 0.0385. The van der Waals surface area contributed by atoms with Gasteiger partial charge in [0.1, 0.15) is 0 Å². The van der Waals surface area contributed by atoms with E-state index >= 15 is 0 Å². The number of nitrogens with one attached hydrogen (secondary N) is 1. The summed E-state index contributed by atoms with van der Waals surface area (Å²) in [6.45, 7) is 0.880. The number of para-hydroxylation sites is 2. The third kappa shape index (κ3) is 6.93. The van der Waals surface area contributed by atoms with Crippen molar-refractivity contribution < 1.29 is 0 Å². The maximum atomic E-state index is 4.35. The van der Waals surface area contributed by atoms with E-state index in [1.165, 1.54) is 5.56 Å². The van der Waals surface area contributed by atoms with E-state index in [1.54, 1.807) is 0 Å². The number of aliphatic imine (C=N–C) groups is 1. The molecule has 0 atom stereocenters. The average molecular weight is 364 g/mol. The number of hydrogen-bond donors (Lipinski definition) is 1. The van der Waals surface area contributed by atoms with Crippen LogP contribution in [0.25, 0.3) is 0 Å². The normalized spacial score (nSPS) is 10.1. The Morgan fingerprint density at radius 2 is 1.07 bits per heavy atom. The monoisotopic (exact) mass is 364 g/mol. The molecule has 0 saturated carbocycles. The molecule has 4 aromatic carbocycles. The van der Waals surface area contributed by atoms with E-state index in [2.05, 4.69) is 46.7 Å². The Morgan fingerprint density at radius 3 is 1.68 bits per heavy atom. The topological polar surface area (TPSA) is 24.4 Å². The Bertz CT molecular complexity index is 854. The molecule has 0 amide bonds. The molecule has 0 unspecified atom stereocenters. The molecule has 138 valence electrons. The van der Waals surface area contributed by atoms with E-state index in [0.29, 0.717) is 0 Å². The zero-order valence-corrected chi connectivity index (χ0v) is 15.8. The van der Waals surface area contributed by atoms with Gasteiger partial charge >= 0.3 is 0 Å². The van der Waals surface area contributed by atoms with Gasteiger partial charge in [-0.05, 0) is 35.4 Å². The minimum absolute atomic E-state index is 0.880. The van der Waals surface area contributed by atoms with E-state index in [4.69, 9.17) is 0 Å². The van der Waals surface area contributed by atoms with Gasteiger partial charge in [0, 0.05) is 18.4 Å². The van der Waals surface area contributed by atoms with Gasteiger partial charge in [0.05, 0.1) is 5.69 Å². The van der Waals surface area contributed by atoms with Crippen LogP contribution in [0.4, 0.5) is 11.4 Å². The lowest BCUT2D eigenvalue weighted by Crippen LogP contribution is -1.98. The Labute approximate surface area is 167 Å². The lowest BCUT2D eigenvalue weighted by Gasteiger charge is -2.05. The Morgan fingerprint density at radius 1 is 0.571 bits per heavy atom. The Hall–Kier alpha value is -3.65. The summed E-state index contributed by atoms with van der Waals surface area (Å²) in [5.41, 5.74) is 4.57. The van der Waals surface area contributed by atoms with Gasteiger partial charge in [-0.3, -0.25) is 4.99 Å². The minimum Gasteiger partial charge on any atom is -0.381 e. The second-order valence-corrected chi connectivity index (χ2v) is 6.21.